The molecule has 34 heavy (non-hydrogen) atoms. The van der Waals surface area contributed by atoms with Gasteiger partial charge < -0.3 is 10.0 Å². The van der Waals surface area contributed by atoms with Crippen LogP contribution in [0.2, 0.25) is 0 Å². The van der Waals surface area contributed by atoms with Crippen molar-refractivity contribution in [2.45, 2.75) is 51.5 Å². The van der Waals surface area contributed by atoms with Crippen LogP contribution in [0, 0.1) is 5.92 Å². The minimum Gasteiger partial charge on any atom is -0.465 e. The Hall–Kier alpha value is -3.07. The summed E-state index contributed by atoms with van der Waals surface area (Å²) in [5.74, 6) is 0.427. The highest BCUT2D eigenvalue weighted by Gasteiger charge is 2.35. The van der Waals surface area contributed by atoms with Gasteiger partial charge in [0.2, 0.25) is 15.9 Å². The Bertz CT molecular complexity index is 1190. The molecule has 0 unspecified atom stereocenters. The number of anilines is 3. The van der Waals surface area contributed by atoms with Gasteiger partial charge in [0.25, 0.3) is 0 Å². The Morgan fingerprint density at radius 3 is 2.41 bits per heavy atom. The highest BCUT2D eigenvalue weighted by atomic mass is 32.2. The van der Waals surface area contributed by atoms with Gasteiger partial charge in [-0.15, -0.1) is 0 Å². The summed E-state index contributed by atoms with van der Waals surface area (Å²) < 4.78 is 25.7. The smallest absolute Gasteiger partial charge is 0.411 e. The second-order valence-electron chi connectivity index (χ2n) is 9.37. The molecule has 1 aliphatic heterocycles. The van der Waals surface area contributed by atoms with Gasteiger partial charge in [-0.25, -0.2) is 13.2 Å². The third kappa shape index (κ3) is 5.35. The molecule has 4 rings (SSSR count). The summed E-state index contributed by atoms with van der Waals surface area (Å²) in [5.41, 5.74) is 2.94. The van der Waals surface area contributed by atoms with Gasteiger partial charge >= 0.3 is 6.09 Å². The predicted molar refractivity (Wildman–Crippen MR) is 134 cm³/mol. The molecule has 0 aromatic heterocycles. The number of benzene rings is 2. The van der Waals surface area contributed by atoms with Crippen LogP contribution >= 0.6 is 0 Å². The average Bonchev–Trinajstić information content (AvgIpc) is 2.77. The van der Waals surface area contributed by atoms with Gasteiger partial charge in [-0.05, 0) is 61.1 Å². The van der Waals surface area contributed by atoms with Crippen LogP contribution in [-0.4, -0.2) is 44.4 Å². The zero-order valence-electron chi connectivity index (χ0n) is 19.5. The molecule has 8 nitrogen and oxygen atoms in total. The van der Waals surface area contributed by atoms with Gasteiger partial charge in [0.15, 0.2) is 0 Å². The highest BCUT2D eigenvalue weighted by Crippen LogP contribution is 2.40. The zero-order chi connectivity index (χ0) is 24.5. The summed E-state index contributed by atoms with van der Waals surface area (Å²) >= 11 is 0. The van der Waals surface area contributed by atoms with E-state index < -0.39 is 16.1 Å². The number of amides is 2. The van der Waals surface area contributed by atoms with E-state index in [1.165, 1.54) is 11.3 Å². The molecule has 1 atom stereocenters. The molecular formula is C25H31N3O5S. The van der Waals surface area contributed by atoms with Crippen molar-refractivity contribution >= 4 is 39.1 Å². The van der Waals surface area contributed by atoms with Crippen molar-refractivity contribution in [1.82, 2.24) is 0 Å². The lowest BCUT2D eigenvalue weighted by Gasteiger charge is -2.41. The number of sulfonamides is 1. The summed E-state index contributed by atoms with van der Waals surface area (Å²) in [6.07, 6.45) is 6.18. The zero-order valence-corrected chi connectivity index (χ0v) is 20.3. The molecule has 0 radical (unpaired) electrons. The number of fused-ring (bicyclic) bond motifs is 1. The lowest BCUT2D eigenvalue weighted by atomic mass is 9.86. The summed E-state index contributed by atoms with van der Waals surface area (Å²) in [4.78, 5) is 28.4. The van der Waals surface area contributed by atoms with Crippen molar-refractivity contribution in [3.8, 4) is 11.1 Å². The van der Waals surface area contributed by atoms with E-state index in [0.29, 0.717) is 29.4 Å². The first-order valence-electron chi connectivity index (χ1n) is 11.7. The van der Waals surface area contributed by atoms with E-state index in [0.717, 1.165) is 43.1 Å². The van der Waals surface area contributed by atoms with Crippen LogP contribution in [0.4, 0.5) is 21.9 Å². The predicted octanol–water partition coefficient (Wildman–Crippen LogP) is 4.92. The SMILES string of the molecule is C[C@H]1CN(C(=O)O)c2cc(-c3cccc(NS(C)(=O)=O)c3)ccc2N1C(=O)CC1CCCCC1. The summed E-state index contributed by atoms with van der Waals surface area (Å²) in [7, 11) is -3.43. The summed E-state index contributed by atoms with van der Waals surface area (Å²) in [6.45, 7) is 2.07. The summed E-state index contributed by atoms with van der Waals surface area (Å²) in [6, 6.07) is 12.1. The second-order valence-corrected chi connectivity index (χ2v) is 11.1. The molecule has 1 aliphatic carbocycles. The number of nitrogens with one attached hydrogen (secondary N) is 1. The maximum atomic E-state index is 13.3. The maximum Gasteiger partial charge on any atom is 0.411 e. The van der Waals surface area contributed by atoms with E-state index in [4.69, 9.17) is 0 Å². The van der Waals surface area contributed by atoms with Crippen LogP contribution in [-0.2, 0) is 14.8 Å². The Morgan fingerprint density at radius 1 is 1.03 bits per heavy atom. The van der Waals surface area contributed by atoms with Crippen molar-refractivity contribution in [3.63, 3.8) is 0 Å². The molecule has 0 bridgehead atoms. The molecular weight excluding hydrogens is 454 g/mol. The summed E-state index contributed by atoms with van der Waals surface area (Å²) in [5, 5.41) is 9.87. The quantitative estimate of drug-likeness (QED) is 0.625. The Morgan fingerprint density at radius 2 is 1.74 bits per heavy atom. The number of hydrogen-bond donors (Lipinski definition) is 2. The second kappa shape index (κ2) is 9.66. The number of rotatable bonds is 5. The standard InChI is InChI=1S/C25H31N3O5S/c1-17-16-27(25(30)31)23-15-20(19-9-6-10-21(14-19)26-34(2,32)33)11-12-22(23)28(17)24(29)13-18-7-4-3-5-8-18/h6,9-12,14-15,17-18,26H,3-5,7-8,13,16H2,1-2H3,(H,30,31)/t17-/m0/s1. The molecule has 2 aliphatic rings. The molecule has 1 fully saturated rings. The fourth-order valence-corrected chi connectivity index (χ4v) is 5.63. The molecule has 1 heterocycles. The molecule has 2 aromatic carbocycles. The first-order chi connectivity index (χ1) is 16.1. The molecule has 0 spiro atoms. The van der Waals surface area contributed by atoms with Gasteiger partial charge in [0.1, 0.15) is 0 Å². The molecule has 2 N–H and O–H groups in total. The van der Waals surface area contributed by atoms with Crippen LogP contribution in [0.1, 0.15) is 45.4 Å². The Balaban J connectivity index is 1.69. The monoisotopic (exact) mass is 485 g/mol. The minimum absolute atomic E-state index is 0.0396. The van der Waals surface area contributed by atoms with Crippen LogP contribution < -0.4 is 14.5 Å². The lowest BCUT2D eigenvalue weighted by molar-refractivity contribution is -0.120. The average molecular weight is 486 g/mol. The van der Waals surface area contributed by atoms with Crippen molar-refractivity contribution < 1.29 is 23.1 Å². The number of nitrogens with zero attached hydrogens (tertiary/aromatic N) is 2. The van der Waals surface area contributed by atoms with E-state index in [1.54, 1.807) is 35.2 Å². The van der Waals surface area contributed by atoms with Gasteiger partial charge in [-0.3, -0.25) is 14.4 Å². The molecule has 182 valence electrons. The molecule has 2 aromatic rings. The number of carboxylic acid groups (broad SMARTS) is 1. The number of carbonyl (C=O) groups excluding carboxylic acids is 1. The fourth-order valence-electron chi connectivity index (χ4n) is 5.08. The van der Waals surface area contributed by atoms with E-state index in [-0.39, 0.29) is 18.5 Å². The maximum absolute atomic E-state index is 13.3. The first kappa shape index (κ1) is 24.1. The topological polar surface area (TPSA) is 107 Å². The van der Waals surface area contributed by atoms with Gasteiger partial charge in [0.05, 0.1) is 23.7 Å². The lowest BCUT2D eigenvalue weighted by Crippen LogP contribution is -2.52. The Labute approximate surface area is 200 Å². The van der Waals surface area contributed by atoms with Crippen LogP contribution in [0.3, 0.4) is 0 Å². The van der Waals surface area contributed by atoms with E-state index in [2.05, 4.69) is 4.72 Å². The van der Waals surface area contributed by atoms with Crippen molar-refractivity contribution in [1.29, 1.82) is 0 Å². The minimum atomic E-state index is -3.43. The molecule has 9 heteroatoms. The van der Waals surface area contributed by atoms with Crippen molar-refractivity contribution in [3.05, 3.63) is 42.5 Å². The van der Waals surface area contributed by atoms with Gasteiger partial charge in [0, 0.05) is 18.7 Å². The number of hydrogen-bond acceptors (Lipinski definition) is 4. The Kier molecular flexibility index (Phi) is 6.84. The molecule has 0 saturated heterocycles. The van der Waals surface area contributed by atoms with E-state index in [9.17, 15) is 23.1 Å². The van der Waals surface area contributed by atoms with Crippen LogP contribution in [0.25, 0.3) is 11.1 Å². The fraction of sp³-hybridized carbons (Fsp3) is 0.440. The molecule has 2 amide bonds. The first-order valence-corrected chi connectivity index (χ1v) is 13.6. The van der Waals surface area contributed by atoms with Crippen molar-refractivity contribution in [2.24, 2.45) is 5.92 Å². The van der Waals surface area contributed by atoms with E-state index >= 15 is 0 Å². The van der Waals surface area contributed by atoms with Crippen LogP contribution in [0.15, 0.2) is 42.5 Å². The van der Waals surface area contributed by atoms with Crippen LogP contribution in [0.5, 0.6) is 0 Å². The third-order valence-corrected chi connectivity index (χ3v) is 7.21. The molecule has 1 saturated carbocycles. The normalized spacial score (nSPS) is 18.9. The third-order valence-electron chi connectivity index (χ3n) is 6.60. The van der Waals surface area contributed by atoms with Crippen molar-refractivity contribution in [2.75, 3.05) is 27.3 Å². The highest BCUT2D eigenvalue weighted by molar-refractivity contribution is 7.92. The van der Waals surface area contributed by atoms with E-state index in [1.807, 2.05) is 19.1 Å². The largest absolute Gasteiger partial charge is 0.465 e. The van der Waals surface area contributed by atoms with Gasteiger partial charge in [-0.2, -0.15) is 0 Å². The van der Waals surface area contributed by atoms with Gasteiger partial charge in [-0.1, -0.05) is 37.5 Å². The number of carbonyl (C=O) groups is 2.